The molecule has 0 amide bonds. The number of aliphatic hydroxyl groups is 4. The van der Waals surface area contributed by atoms with Gasteiger partial charge in [-0.3, -0.25) is 9.11 Å². The summed E-state index contributed by atoms with van der Waals surface area (Å²) in [6.45, 7) is 26.7. The summed E-state index contributed by atoms with van der Waals surface area (Å²) in [4.78, 5) is 39.5. The molecule has 0 fully saturated rings. The zero-order valence-corrected chi connectivity index (χ0v) is 73.2. The Balaban J connectivity index is 0.000000768. The first-order valence-electron chi connectivity index (χ1n) is 34.5. The molecule has 0 aliphatic rings. The number of ether oxygens (including phenoxy) is 2. The molecule has 8 aromatic rings. The normalized spacial score (nSPS) is 10.9. The summed E-state index contributed by atoms with van der Waals surface area (Å²) in [5.41, 5.74) is 9.51. The number of anilines is 14. The number of methoxy groups -OCH3 is 2. The summed E-state index contributed by atoms with van der Waals surface area (Å²) in [5.74, 6) is 2.46. The molecule has 608 valence electrons. The Labute approximate surface area is 695 Å². The van der Waals surface area contributed by atoms with Crippen molar-refractivity contribution in [3.8, 4) is 11.5 Å². The van der Waals surface area contributed by atoms with Gasteiger partial charge in [-0.15, -0.1) is 10.2 Å². The number of nitrogens with zero attached hydrogens (tertiary/aromatic N) is 16. The Morgan fingerprint density at radius 1 is 0.414 bits per heavy atom. The molecule has 0 saturated heterocycles. The second kappa shape index (κ2) is 49.8. The summed E-state index contributed by atoms with van der Waals surface area (Å²) in [6, 6.07) is 29.6. The minimum absolute atomic E-state index is 0. The average molecular weight is 1880 g/mol. The zero-order chi connectivity index (χ0) is 78.4. The Hall–Kier alpha value is -7.57. The number of hydrogen-bond donors (Lipinski definition) is 10. The first-order chi connectivity index (χ1) is 51.4. The number of halogens is 2. The number of azo groups is 2. The molecule has 0 saturated carbocycles. The first kappa shape index (κ1) is 99.5. The summed E-state index contributed by atoms with van der Waals surface area (Å²) >= 11 is 4.74. The molecule has 6 aromatic carbocycles. The standard InChI is InChI=1S/C41H52N12O9S2.C29H44N8O3.CH4.2CH3.2HI.2V/c1-7-51(8-2)36-24-32(34(23-27(36)5)49-47-28-11-15-30(16-12-28)63(56,57)58)42-39-44-40(46-41(45-39)53(19-21-54)20-22-55)43-33-25-37(52(9-3)10-4)38(62-6)26-35(33)50-48-29-13-17-31(18-14-29)64(59,60)61;1-7-35(8-2)24-19-22(12-11-21(24)5)30-27-32-28(34-29(33-27)37(15-17-38)16-18-39)31-23-13-14-26(40-6)25(20-23)36(9-3)10-4;;;;;;;/h11-18,23-26,54-55H,7-10,19-22H2,1-6H3,(H,56,57,58)(H,59,60,61)(H2,42,43,44,45,46);11-14,19-20,38-39H,7-10,15-18H2,1-6H3,(H2,30,31,32,33,34);1H4;2*1H3;2*1H;;/q;;;2*-1;;;;+2/p-2. The van der Waals surface area contributed by atoms with Crippen LogP contribution in [0.25, 0.3) is 0 Å². The molecular formula is C73H106I2N20O12S2V2-2. The second-order valence-corrected chi connectivity index (χ2v) is 37.7. The maximum Gasteiger partial charge on any atom is 0 e. The van der Waals surface area contributed by atoms with Crippen molar-refractivity contribution in [1.29, 1.82) is 0 Å². The fourth-order valence-corrected chi connectivity index (χ4v) is 12.1. The van der Waals surface area contributed by atoms with Crippen LogP contribution in [-0.4, -0.2) is 195 Å². The molecule has 0 spiro atoms. The molecule has 2 aromatic heterocycles. The van der Waals surface area contributed by atoms with Gasteiger partial charge in [0.05, 0.1) is 84.6 Å². The predicted octanol–water partition coefficient (Wildman–Crippen LogP) is 14.9. The van der Waals surface area contributed by atoms with E-state index in [0.29, 0.717) is 87.7 Å². The van der Waals surface area contributed by atoms with Gasteiger partial charge < -0.3 is 95.4 Å². The Morgan fingerprint density at radius 3 is 1.08 bits per heavy atom. The van der Waals surface area contributed by atoms with Gasteiger partial charge in [0.25, 0.3) is 20.2 Å². The van der Waals surface area contributed by atoms with E-state index in [4.69, 9.17) is 19.4 Å². The maximum atomic E-state index is 11.6. The third-order valence-corrected chi connectivity index (χ3v) is 18.3. The molecule has 0 bridgehead atoms. The molecule has 0 unspecified atom stereocenters. The molecule has 0 atom stereocenters. The van der Waals surface area contributed by atoms with E-state index in [0.717, 1.165) is 65.9 Å². The average Bonchev–Trinajstić information content (AvgIpc) is 0.802. The van der Waals surface area contributed by atoms with Crippen molar-refractivity contribution >= 4 is 164 Å². The van der Waals surface area contributed by atoms with Crippen molar-refractivity contribution in [2.24, 2.45) is 20.5 Å². The molecule has 38 heteroatoms. The SMILES string of the molecule is C.CCN(CC)c1cc(Nc2nc(Nc3cc(N(CC)CC)c(OC)cc3N=Nc3ccc(S(=O)(=O)O)cc3)nc(N(CCO)CCO)n2)c(N=Nc2ccc(S(=O)(=O)O)cc2)cc1C.CCN(CC)c1cc(Nc2nc(Nc3ccc(OC)c(N(CC)CC)c3)nc(N(CCO)CCO)n2)ccc1C.[CH3-].[CH3-].[I][V][I].[V]. The molecular weight excluding hydrogens is 1770 g/mol. The topological polar surface area (TPSA) is 402 Å². The number of nitrogens with one attached hydrogen (secondary N) is 4. The fraction of sp³-hybridized carbons (Fsp3) is 0.397. The van der Waals surface area contributed by atoms with E-state index in [2.05, 4.69) is 168 Å². The van der Waals surface area contributed by atoms with Crippen LogP contribution < -0.4 is 60.1 Å². The summed E-state index contributed by atoms with van der Waals surface area (Å²) in [5, 5.41) is 70.0. The van der Waals surface area contributed by atoms with Crippen LogP contribution in [0.3, 0.4) is 0 Å². The van der Waals surface area contributed by atoms with Crippen molar-refractivity contribution < 1.29 is 83.9 Å². The van der Waals surface area contributed by atoms with Crippen LogP contribution in [0.15, 0.2) is 139 Å². The molecule has 32 nitrogen and oxygen atoms in total. The smallest absolute Gasteiger partial charge is 0 e. The number of rotatable bonds is 38. The monoisotopic (exact) mass is 1870 g/mol. The molecule has 111 heavy (non-hydrogen) atoms. The van der Waals surface area contributed by atoms with Gasteiger partial charge in [0.15, 0.2) is 0 Å². The number of aliphatic hydroxyl groups excluding tert-OH is 4. The van der Waals surface area contributed by atoms with E-state index in [1.807, 2.05) is 71.0 Å². The number of aryl methyl sites for hydroxylation is 2. The van der Waals surface area contributed by atoms with Crippen LogP contribution in [-0.2, 0) is 48.3 Å². The van der Waals surface area contributed by atoms with Crippen LogP contribution in [0.4, 0.5) is 104 Å². The molecule has 0 aliphatic carbocycles. The van der Waals surface area contributed by atoms with Crippen LogP contribution in [0, 0.1) is 28.7 Å². The van der Waals surface area contributed by atoms with E-state index in [9.17, 15) is 46.4 Å². The van der Waals surface area contributed by atoms with Gasteiger partial charge in [-0.1, -0.05) is 13.5 Å². The molecule has 10 N–H and O–H groups in total. The van der Waals surface area contributed by atoms with Gasteiger partial charge in [-0.05, 0) is 177 Å². The zero-order valence-electron chi connectivity index (χ0n) is 64.5. The van der Waals surface area contributed by atoms with Crippen molar-refractivity contribution in [2.75, 3.05) is 170 Å². The van der Waals surface area contributed by atoms with Crippen molar-refractivity contribution in [3.63, 3.8) is 0 Å². The largest absolute Gasteiger partial charge is 0 e. The van der Waals surface area contributed by atoms with Crippen molar-refractivity contribution in [3.05, 3.63) is 135 Å². The van der Waals surface area contributed by atoms with E-state index in [1.165, 1.54) is 61.2 Å². The number of hydrogen-bond acceptors (Lipinski definition) is 30. The molecule has 1 radical (unpaired) electrons. The Bertz CT molecular complexity index is 4430. The third kappa shape index (κ3) is 29.1. The van der Waals surface area contributed by atoms with Crippen LogP contribution in [0.5, 0.6) is 11.5 Å². The third-order valence-electron chi connectivity index (χ3n) is 16.5. The minimum Gasteiger partial charge on any atom is 0 e. The van der Waals surface area contributed by atoms with Crippen LogP contribution >= 0.6 is 40.0 Å². The maximum absolute atomic E-state index is 11.6. The summed E-state index contributed by atoms with van der Waals surface area (Å²) in [6.07, 6.45) is 0. The number of benzene rings is 6. The van der Waals surface area contributed by atoms with Gasteiger partial charge in [0, 0.05) is 126 Å². The second-order valence-electron chi connectivity index (χ2n) is 23.1. The molecule has 0 aliphatic heterocycles. The predicted molar refractivity (Wildman–Crippen MR) is 457 cm³/mol. The van der Waals surface area contributed by atoms with E-state index in [1.54, 1.807) is 29.0 Å². The summed E-state index contributed by atoms with van der Waals surface area (Å²) in [7, 11) is -5.01. The van der Waals surface area contributed by atoms with Gasteiger partial charge in [0.1, 0.15) is 22.9 Å². The van der Waals surface area contributed by atoms with Gasteiger partial charge >= 0.3 is 49.4 Å². The Morgan fingerprint density at radius 2 is 0.730 bits per heavy atom. The number of aromatic nitrogens is 6. The minimum atomic E-state index is -4.42. The van der Waals surface area contributed by atoms with Gasteiger partial charge in [-0.2, -0.15) is 57.0 Å². The fourth-order valence-electron chi connectivity index (χ4n) is 11.1. The van der Waals surface area contributed by atoms with Crippen molar-refractivity contribution in [1.82, 2.24) is 29.9 Å². The van der Waals surface area contributed by atoms with E-state index in [-0.39, 0.29) is 132 Å². The van der Waals surface area contributed by atoms with Crippen LogP contribution in [0.1, 0.15) is 73.9 Å². The van der Waals surface area contributed by atoms with Crippen LogP contribution in [0.2, 0.25) is 0 Å². The van der Waals surface area contributed by atoms with Gasteiger partial charge in [-0.25, -0.2) is 0 Å². The molecule has 8 rings (SSSR count). The molecule has 2 heterocycles. The van der Waals surface area contributed by atoms with E-state index >= 15 is 0 Å². The Kier molecular flexibility index (Phi) is 44.7. The van der Waals surface area contributed by atoms with Crippen molar-refractivity contribution in [2.45, 2.75) is 86.5 Å². The summed E-state index contributed by atoms with van der Waals surface area (Å²) < 4.78 is 76.7. The first-order valence-corrected chi connectivity index (χ1v) is 46.4. The quantitative estimate of drug-likeness (QED) is 0.00743. The van der Waals surface area contributed by atoms with Gasteiger partial charge in [0.2, 0.25) is 35.7 Å². The van der Waals surface area contributed by atoms with E-state index < -0.39 is 20.2 Å².